The van der Waals surface area contributed by atoms with Gasteiger partial charge in [0, 0.05) is 7.05 Å². The zero-order valence-electron chi connectivity index (χ0n) is 14.1. The van der Waals surface area contributed by atoms with Crippen molar-refractivity contribution in [3.05, 3.63) is 70.8 Å². The molecule has 3 aromatic carbocycles. The minimum atomic E-state index is -4.13. The van der Waals surface area contributed by atoms with E-state index in [2.05, 4.69) is 0 Å². The number of hydrogen-bond donors (Lipinski definition) is 0. The highest BCUT2D eigenvalue weighted by Crippen LogP contribution is 2.32. The minimum absolute atomic E-state index is 0.212. The Morgan fingerprint density at radius 1 is 1.00 bits per heavy atom. The van der Waals surface area contributed by atoms with Crippen LogP contribution in [0.25, 0.3) is 10.8 Å². The van der Waals surface area contributed by atoms with Crippen molar-refractivity contribution in [2.24, 2.45) is 0 Å². The Hall–Kier alpha value is -3.13. The molecule has 7 nitrogen and oxygen atoms in total. The molecule has 8 heteroatoms. The Morgan fingerprint density at radius 3 is 2.35 bits per heavy atom. The number of fused-ring (bicyclic) bond motifs is 1. The summed E-state index contributed by atoms with van der Waals surface area (Å²) in [6.07, 6.45) is 0. The maximum absolute atomic E-state index is 13.0. The molecule has 0 aliphatic carbocycles. The van der Waals surface area contributed by atoms with Crippen LogP contribution in [0.4, 0.5) is 11.4 Å². The average Bonchev–Trinajstić information content (AvgIpc) is 2.66. The van der Waals surface area contributed by atoms with E-state index in [-0.39, 0.29) is 10.6 Å². The fraction of sp³-hybridized carbons (Fsp3) is 0.111. The van der Waals surface area contributed by atoms with Crippen molar-refractivity contribution in [1.29, 1.82) is 0 Å². The molecule has 0 atom stereocenters. The van der Waals surface area contributed by atoms with Gasteiger partial charge in [-0.05, 0) is 35.0 Å². The van der Waals surface area contributed by atoms with Gasteiger partial charge in [0.2, 0.25) is 0 Å². The zero-order valence-corrected chi connectivity index (χ0v) is 14.9. The van der Waals surface area contributed by atoms with Gasteiger partial charge >= 0.3 is 0 Å². The number of nitrogens with zero attached hydrogens (tertiary/aromatic N) is 2. The lowest BCUT2D eigenvalue weighted by Gasteiger charge is -2.20. The van der Waals surface area contributed by atoms with E-state index in [4.69, 9.17) is 4.74 Å². The fourth-order valence-corrected chi connectivity index (χ4v) is 3.97. The van der Waals surface area contributed by atoms with Crippen LogP contribution in [0, 0.1) is 10.1 Å². The summed E-state index contributed by atoms with van der Waals surface area (Å²) in [7, 11) is -1.40. The first-order chi connectivity index (χ1) is 12.3. The molecule has 0 radical (unpaired) electrons. The van der Waals surface area contributed by atoms with Crippen molar-refractivity contribution in [3.63, 3.8) is 0 Å². The summed E-state index contributed by atoms with van der Waals surface area (Å²) < 4.78 is 31.9. The number of methoxy groups -OCH3 is 1. The monoisotopic (exact) mass is 372 g/mol. The van der Waals surface area contributed by atoms with Gasteiger partial charge in [0.1, 0.15) is 5.75 Å². The van der Waals surface area contributed by atoms with E-state index in [1.807, 2.05) is 24.3 Å². The number of nitro groups is 1. The van der Waals surface area contributed by atoms with Crippen LogP contribution in [-0.4, -0.2) is 27.5 Å². The first-order valence-electron chi connectivity index (χ1n) is 7.65. The summed E-state index contributed by atoms with van der Waals surface area (Å²) in [4.78, 5) is 10.2. The number of benzene rings is 3. The highest BCUT2D eigenvalue weighted by Gasteiger charge is 2.30. The number of nitro benzene ring substituents is 1. The van der Waals surface area contributed by atoms with Gasteiger partial charge in [-0.1, -0.05) is 30.3 Å². The number of rotatable bonds is 5. The second-order valence-corrected chi connectivity index (χ2v) is 7.53. The summed E-state index contributed by atoms with van der Waals surface area (Å²) in [5.41, 5.74) is -0.120. The third-order valence-corrected chi connectivity index (χ3v) is 5.93. The van der Waals surface area contributed by atoms with E-state index in [1.54, 1.807) is 18.2 Å². The molecule has 0 bridgehead atoms. The molecular weight excluding hydrogens is 356 g/mol. The van der Waals surface area contributed by atoms with Crippen LogP contribution in [0.1, 0.15) is 0 Å². The van der Waals surface area contributed by atoms with Crippen molar-refractivity contribution in [1.82, 2.24) is 0 Å². The van der Waals surface area contributed by atoms with Gasteiger partial charge in [-0.3, -0.25) is 14.4 Å². The summed E-state index contributed by atoms with van der Waals surface area (Å²) in [6, 6.07) is 16.4. The lowest BCUT2D eigenvalue weighted by Crippen LogP contribution is -2.27. The summed E-state index contributed by atoms with van der Waals surface area (Å²) in [6.45, 7) is 0. The molecule has 0 spiro atoms. The van der Waals surface area contributed by atoms with Gasteiger partial charge in [0.05, 0.1) is 23.8 Å². The third-order valence-electron chi connectivity index (χ3n) is 4.10. The molecule has 0 N–H and O–H groups in total. The topological polar surface area (TPSA) is 89.8 Å². The minimum Gasteiger partial charge on any atom is -0.497 e. The zero-order chi connectivity index (χ0) is 18.9. The molecule has 0 fully saturated rings. The molecule has 0 saturated heterocycles. The van der Waals surface area contributed by atoms with Crippen molar-refractivity contribution >= 4 is 32.2 Å². The SMILES string of the molecule is COc1ccc(S(=O)(=O)N(C)c2ccc3ccccc3c2)c([N+](=O)[O-])c1. The summed E-state index contributed by atoms with van der Waals surface area (Å²) >= 11 is 0. The van der Waals surface area contributed by atoms with Crippen LogP contribution in [0.3, 0.4) is 0 Å². The van der Waals surface area contributed by atoms with E-state index in [9.17, 15) is 18.5 Å². The maximum Gasteiger partial charge on any atom is 0.293 e. The van der Waals surface area contributed by atoms with Crippen LogP contribution in [0.2, 0.25) is 0 Å². The van der Waals surface area contributed by atoms with Crippen LogP contribution in [0.5, 0.6) is 5.75 Å². The van der Waals surface area contributed by atoms with Crippen molar-refractivity contribution in [2.45, 2.75) is 4.90 Å². The molecule has 0 aliphatic heterocycles. The van der Waals surface area contributed by atoms with E-state index >= 15 is 0 Å². The summed E-state index contributed by atoms with van der Waals surface area (Å²) in [5, 5.41) is 13.2. The van der Waals surface area contributed by atoms with E-state index in [0.717, 1.165) is 21.1 Å². The molecule has 26 heavy (non-hydrogen) atoms. The highest BCUT2D eigenvalue weighted by atomic mass is 32.2. The first kappa shape index (κ1) is 17.7. The van der Waals surface area contributed by atoms with Crippen LogP contribution < -0.4 is 9.04 Å². The molecule has 0 aromatic heterocycles. The van der Waals surface area contributed by atoms with Crippen LogP contribution >= 0.6 is 0 Å². The smallest absolute Gasteiger partial charge is 0.293 e. The number of hydrogen-bond acceptors (Lipinski definition) is 5. The summed E-state index contributed by atoms with van der Waals surface area (Å²) in [5.74, 6) is 0.212. The number of sulfonamides is 1. The van der Waals surface area contributed by atoms with E-state index < -0.39 is 20.6 Å². The van der Waals surface area contributed by atoms with Gasteiger partial charge in [-0.25, -0.2) is 8.42 Å². The number of ether oxygens (including phenoxy) is 1. The van der Waals surface area contributed by atoms with Crippen LogP contribution in [0.15, 0.2) is 65.6 Å². The van der Waals surface area contributed by atoms with Crippen LogP contribution in [-0.2, 0) is 10.0 Å². The predicted octanol–water partition coefficient (Wildman–Crippen LogP) is 3.58. The second-order valence-electron chi connectivity index (χ2n) is 5.59. The fourth-order valence-electron chi connectivity index (χ4n) is 2.64. The quantitative estimate of drug-likeness (QED) is 0.504. The van der Waals surface area contributed by atoms with E-state index in [1.165, 1.54) is 26.3 Å². The molecule has 134 valence electrons. The van der Waals surface area contributed by atoms with Gasteiger partial charge < -0.3 is 4.74 Å². The van der Waals surface area contributed by atoms with Gasteiger partial charge in [0.15, 0.2) is 4.90 Å². The average molecular weight is 372 g/mol. The Balaban J connectivity index is 2.10. The normalized spacial score (nSPS) is 11.3. The number of anilines is 1. The van der Waals surface area contributed by atoms with Crippen molar-refractivity contribution in [2.75, 3.05) is 18.5 Å². The molecule has 0 saturated carbocycles. The molecule has 0 amide bonds. The highest BCUT2D eigenvalue weighted by molar-refractivity contribution is 7.93. The molecule has 3 aromatic rings. The van der Waals surface area contributed by atoms with Gasteiger partial charge in [0.25, 0.3) is 15.7 Å². The lowest BCUT2D eigenvalue weighted by atomic mass is 10.1. The first-order valence-corrected chi connectivity index (χ1v) is 9.09. The Bertz CT molecular complexity index is 1100. The van der Waals surface area contributed by atoms with Gasteiger partial charge in [-0.2, -0.15) is 0 Å². The molecule has 0 heterocycles. The van der Waals surface area contributed by atoms with E-state index in [0.29, 0.717) is 5.69 Å². The van der Waals surface area contributed by atoms with Gasteiger partial charge in [-0.15, -0.1) is 0 Å². The molecule has 0 aliphatic rings. The maximum atomic E-state index is 13.0. The lowest BCUT2D eigenvalue weighted by molar-refractivity contribution is -0.387. The van der Waals surface area contributed by atoms with Crippen molar-refractivity contribution < 1.29 is 18.1 Å². The Morgan fingerprint density at radius 2 is 1.69 bits per heavy atom. The standard InChI is InChI=1S/C18H16N2O5S/c1-19(15-8-7-13-5-3-4-6-14(13)11-15)26(23,24)18-10-9-16(25-2)12-17(18)20(21)22/h3-12H,1-2H3. The second kappa shape index (κ2) is 6.64. The largest absolute Gasteiger partial charge is 0.497 e. The molecular formula is C18H16N2O5S. The molecule has 0 unspecified atom stereocenters. The predicted molar refractivity (Wildman–Crippen MR) is 99.2 cm³/mol. The Kier molecular flexibility index (Phi) is 4.52. The molecule has 3 rings (SSSR count). The van der Waals surface area contributed by atoms with Crippen molar-refractivity contribution in [3.8, 4) is 5.75 Å². The third kappa shape index (κ3) is 3.06. The Labute approximate surface area is 150 Å².